The highest BCUT2D eigenvalue weighted by atomic mass is 14.6. The van der Waals surface area contributed by atoms with E-state index >= 15 is 0 Å². The minimum absolute atomic E-state index is 0.401. The fourth-order valence-electron chi connectivity index (χ4n) is 3.85. The molecule has 0 aliphatic carbocycles. The molecule has 1 unspecified atom stereocenters. The second-order valence-electron chi connectivity index (χ2n) is 8.54. The maximum atomic E-state index is 6.28. The molecule has 1 heteroatoms. The lowest BCUT2D eigenvalue weighted by atomic mass is 10.0. The highest BCUT2D eigenvalue weighted by molar-refractivity contribution is 5.48. The zero-order chi connectivity index (χ0) is 20.1. The number of nitrogens with two attached hydrogens (primary N) is 1. The molecule has 0 aliphatic heterocycles. The normalized spacial score (nSPS) is 12.6. The fourth-order valence-corrected chi connectivity index (χ4v) is 3.85. The van der Waals surface area contributed by atoms with Gasteiger partial charge < -0.3 is 5.73 Å². The first-order valence-corrected chi connectivity index (χ1v) is 12.3. The van der Waals surface area contributed by atoms with Crippen molar-refractivity contribution in [2.45, 2.75) is 122 Å². The Bertz CT molecular complexity index is 451. The highest BCUT2D eigenvalue weighted by Crippen LogP contribution is 2.14. The van der Waals surface area contributed by atoms with E-state index in [1.165, 1.54) is 102 Å². The van der Waals surface area contributed by atoms with Crippen LogP contribution in [-0.4, -0.2) is 6.04 Å². The van der Waals surface area contributed by atoms with Crippen molar-refractivity contribution in [2.24, 2.45) is 5.73 Å². The smallest absolute Gasteiger partial charge is 0.00389 e. The van der Waals surface area contributed by atoms with Gasteiger partial charge in [-0.2, -0.15) is 0 Å². The van der Waals surface area contributed by atoms with Crippen LogP contribution in [0.1, 0.15) is 122 Å². The van der Waals surface area contributed by atoms with Crippen molar-refractivity contribution in [3.8, 4) is 0 Å². The van der Waals surface area contributed by atoms with E-state index in [1.807, 2.05) is 0 Å². The van der Waals surface area contributed by atoms with Crippen molar-refractivity contribution in [1.82, 2.24) is 0 Å². The lowest BCUT2D eigenvalue weighted by Crippen LogP contribution is -2.19. The van der Waals surface area contributed by atoms with Crippen LogP contribution in [0, 0.1) is 0 Å². The Kier molecular flexibility index (Phi) is 17.2. The van der Waals surface area contributed by atoms with E-state index in [9.17, 15) is 0 Å². The SMILES string of the molecule is CCCCCCCCCCCCCCCC(N)CCCC=Cc1ccccc1. The fraction of sp³-hybridized carbons (Fsp3) is 0.704. The van der Waals surface area contributed by atoms with Crippen LogP contribution in [-0.2, 0) is 0 Å². The second kappa shape index (κ2) is 19.2. The van der Waals surface area contributed by atoms with Gasteiger partial charge in [-0.25, -0.2) is 0 Å². The van der Waals surface area contributed by atoms with Crippen molar-refractivity contribution in [1.29, 1.82) is 0 Å². The van der Waals surface area contributed by atoms with Gasteiger partial charge in [0, 0.05) is 6.04 Å². The monoisotopic (exact) mass is 385 g/mol. The molecule has 1 rings (SSSR count). The first-order chi connectivity index (χ1) is 13.8. The molecule has 0 fully saturated rings. The Labute approximate surface area is 176 Å². The van der Waals surface area contributed by atoms with Gasteiger partial charge >= 0.3 is 0 Å². The quantitative estimate of drug-likeness (QED) is 0.237. The predicted molar refractivity (Wildman–Crippen MR) is 128 cm³/mol. The highest BCUT2D eigenvalue weighted by Gasteiger charge is 2.01. The number of benzene rings is 1. The van der Waals surface area contributed by atoms with Crippen LogP contribution in [0.2, 0.25) is 0 Å². The third kappa shape index (κ3) is 15.9. The number of hydrogen-bond acceptors (Lipinski definition) is 1. The Balaban J connectivity index is 1.80. The summed E-state index contributed by atoms with van der Waals surface area (Å²) in [7, 11) is 0. The molecule has 0 saturated heterocycles. The van der Waals surface area contributed by atoms with Gasteiger partial charge in [0.25, 0.3) is 0 Å². The van der Waals surface area contributed by atoms with Crippen LogP contribution in [0.5, 0.6) is 0 Å². The van der Waals surface area contributed by atoms with Gasteiger partial charge in [0.1, 0.15) is 0 Å². The lowest BCUT2D eigenvalue weighted by molar-refractivity contribution is 0.495. The molecule has 0 aromatic heterocycles. The Morgan fingerprint density at radius 1 is 0.679 bits per heavy atom. The van der Waals surface area contributed by atoms with Crippen LogP contribution < -0.4 is 5.73 Å². The van der Waals surface area contributed by atoms with Crippen LogP contribution in [0.3, 0.4) is 0 Å². The average Bonchev–Trinajstić information content (AvgIpc) is 2.72. The summed E-state index contributed by atoms with van der Waals surface area (Å²) in [6.07, 6.45) is 27.7. The van der Waals surface area contributed by atoms with Gasteiger partial charge in [0.05, 0.1) is 0 Å². The maximum Gasteiger partial charge on any atom is 0.00389 e. The molecule has 1 atom stereocenters. The molecule has 1 nitrogen and oxygen atoms in total. The molecule has 0 radical (unpaired) electrons. The molecule has 1 aromatic rings. The van der Waals surface area contributed by atoms with Gasteiger partial charge in [0.2, 0.25) is 0 Å². The third-order valence-electron chi connectivity index (χ3n) is 5.73. The summed E-state index contributed by atoms with van der Waals surface area (Å²) in [5, 5.41) is 0. The molecular weight excluding hydrogens is 338 g/mol. The summed E-state index contributed by atoms with van der Waals surface area (Å²) in [6, 6.07) is 10.9. The lowest BCUT2D eigenvalue weighted by Gasteiger charge is -2.10. The Hall–Kier alpha value is -1.08. The average molecular weight is 386 g/mol. The zero-order valence-electron chi connectivity index (χ0n) is 18.7. The van der Waals surface area contributed by atoms with Crippen LogP contribution in [0.25, 0.3) is 6.08 Å². The summed E-state index contributed by atoms with van der Waals surface area (Å²) in [4.78, 5) is 0. The number of rotatable bonds is 19. The number of allylic oxidation sites excluding steroid dienone is 1. The summed E-state index contributed by atoms with van der Waals surface area (Å²) in [5.41, 5.74) is 7.57. The predicted octanol–water partition coefficient (Wildman–Crippen LogP) is 8.68. The van der Waals surface area contributed by atoms with E-state index in [2.05, 4.69) is 49.4 Å². The van der Waals surface area contributed by atoms with Crippen molar-refractivity contribution < 1.29 is 0 Å². The van der Waals surface area contributed by atoms with Crippen molar-refractivity contribution in [3.05, 3.63) is 42.0 Å². The summed E-state index contributed by atoms with van der Waals surface area (Å²) in [6.45, 7) is 2.29. The molecule has 2 N–H and O–H groups in total. The van der Waals surface area contributed by atoms with Gasteiger partial charge in [-0.3, -0.25) is 0 Å². The first-order valence-electron chi connectivity index (χ1n) is 12.3. The van der Waals surface area contributed by atoms with Gasteiger partial charge in [-0.05, 0) is 31.2 Å². The topological polar surface area (TPSA) is 26.0 Å². The van der Waals surface area contributed by atoms with E-state index in [1.54, 1.807) is 0 Å². The van der Waals surface area contributed by atoms with Gasteiger partial charge in [-0.1, -0.05) is 133 Å². The summed E-state index contributed by atoms with van der Waals surface area (Å²) in [5.74, 6) is 0. The minimum Gasteiger partial charge on any atom is -0.328 e. The number of hydrogen-bond donors (Lipinski definition) is 1. The molecule has 160 valence electrons. The third-order valence-corrected chi connectivity index (χ3v) is 5.73. The molecule has 0 amide bonds. The van der Waals surface area contributed by atoms with Crippen molar-refractivity contribution >= 4 is 6.08 Å². The maximum absolute atomic E-state index is 6.28. The Morgan fingerprint density at radius 2 is 1.18 bits per heavy atom. The zero-order valence-corrected chi connectivity index (χ0v) is 18.7. The summed E-state index contributed by atoms with van der Waals surface area (Å²) >= 11 is 0. The van der Waals surface area contributed by atoms with Crippen LogP contribution in [0.4, 0.5) is 0 Å². The molecule has 1 aromatic carbocycles. The van der Waals surface area contributed by atoms with Crippen LogP contribution >= 0.6 is 0 Å². The van der Waals surface area contributed by atoms with Gasteiger partial charge in [0.15, 0.2) is 0 Å². The Morgan fingerprint density at radius 3 is 1.75 bits per heavy atom. The van der Waals surface area contributed by atoms with Gasteiger partial charge in [-0.15, -0.1) is 0 Å². The molecule has 0 heterocycles. The van der Waals surface area contributed by atoms with Crippen molar-refractivity contribution in [2.75, 3.05) is 0 Å². The first kappa shape index (κ1) is 25.0. The van der Waals surface area contributed by atoms with E-state index in [0.29, 0.717) is 6.04 Å². The molecule has 0 bridgehead atoms. The van der Waals surface area contributed by atoms with E-state index in [-0.39, 0.29) is 0 Å². The molecule has 0 saturated carbocycles. The molecular formula is C27H47N. The van der Waals surface area contributed by atoms with Crippen LogP contribution in [0.15, 0.2) is 36.4 Å². The largest absolute Gasteiger partial charge is 0.328 e. The molecule has 0 spiro atoms. The molecule has 28 heavy (non-hydrogen) atoms. The van der Waals surface area contributed by atoms with E-state index in [4.69, 9.17) is 5.73 Å². The minimum atomic E-state index is 0.401. The van der Waals surface area contributed by atoms with Crippen molar-refractivity contribution in [3.63, 3.8) is 0 Å². The second-order valence-corrected chi connectivity index (χ2v) is 8.54. The summed E-state index contributed by atoms with van der Waals surface area (Å²) < 4.78 is 0. The number of unbranched alkanes of at least 4 members (excludes halogenated alkanes) is 13. The molecule has 0 aliphatic rings. The van der Waals surface area contributed by atoms with E-state index < -0.39 is 0 Å². The van der Waals surface area contributed by atoms with E-state index in [0.717, 1.165) is 12.8 Å². The standard InChI is InChI=1S/C27H47N/c1-2-3-4-5-6-7-8-9-10-11-12-13-19-24-27(28)25-20-15-18-23-26-21-16-14-17-22-26/h14,16-18,21-23,27H,2-13,15,19-20,24-25,28H2,1H3.